The Labute approximate surface area is 134 Å². The fourth-order valence-corrected chi connectivity index (χ4v) is 3.02. The number of nitrogens with zero attached hydrogens (tertiary/aromatic N) is 3. The molecule has 0 N–H and O–H groups in total. The van der Waals surface area contributed by atoms with Crippen LogP contribution < -0.4 is 4.68 Å². The highest BCUT2D eigenvalue weighted by Crippen LogP contribution is 2.34. The number of benzene rings is 1. The number of hydrogen-bond donors (Lipinski definition) is 0. The Kier molecular flexibility index (Phi) is 4.07. The van der Waals surface area contributed by atoms with Crippen molar-refractivity contribution in [2.75, 3.05) is 0 Å². The Bertz CT molecular complexity index is 646. The summed E-state index contributed by atoms with van der Waals surface area (Å²) in [5, 5.41) is 1.52. The highest BCUT2D eigenvalue weighted by molar-refractivity contribution is 6.40. The lowest BCUT2D eigenvalue weighted by molar-refractivity contribution is -0.751. The molecule has 1 aromatic carbocycles. The molecule has 6 heteroatoms. The van der Waals surface area contributed by atoms with Crippen LogP contribution in [0.5, 0.6) is 0 Å². The standard InChI is InChI=1S/C14H17Cl3N3/c1-8-18-13(14(2,3)4)20(19(8)5)12-10(16)6-9(15)7-11(12)17/h6-7H,1-5H3/q+1. The van der Waals surface area contributed by atoms with Crippen LogP contribution in [-0.4, -0.2) is 9.67 Å². The summed E-state index contributed by atoms with van der Waals surface area (Å²) in [5.41, 5.74) is 0.559. The second kappa shape index (κ2) is 5.21. The van der Waals surface area contributed by atoms with Gasteiger partial charge in [0.1, 0.15) is 12.7 Å². The summed E-state index contributed by atoms with van der Waals surface area (Å²) in [6.45, 7) is 8.25. The van der Waals surface area contributed by atoms with E-state index in [2.05, 4.69) is 25.8 Å². The average molecular weight is 334 g/mol. The van der Waals surface area contributed by atoms with Crippen LogP contribution in [0, 0.1) is 6.92 Å². The van der Waals surface area contributed by atoms with E-state index in [1.807, 2.05) is 23.3 Å². The summed E-state index contributed by atoms with van der Waals surface area (Å²) >= 11 is 18.7. The summed E-state index contributed by atoms with van der Waals surface area (Å²) in [4.78, 5) is 4.64. The Balaban J connectivity index is 2.83. The SMILES string of the molecule is Cc1nc(C(C)(C)C)n(-c2c(Cl)cc(Cl)cc2Cl)[n+]1C. The summed E-state index contributed by atoms with van der Waals surface area (Å²) in [6, 6.07) is 3.37. The molecule has 0 atom stereocenters. The van der Waals surface area contributed by atoms with Crippen LogP contribution in [0.15, 0.2) is 12.1 Å². The molecule has 0 saturated carbocycles. The van der Waals surface area contributed by atoms with E-state index < -0.39 is 0 Å². The number of aryl methyl sites for hydroxylation is 1. The monoisotopic (exact) mass is 332 g/mol. The van der Waals surface area contributed by atoms with Crippen LogP contribution in [0.1, 0.15) is 32.4 Å². The van der Waals surface area contributed by atoms with Gasteiger partial charge in [-0.3, -0.25) is 0 Å². The minimum Gasteiger partial charge on any atom is -0.152 e. The number of aromatic nitrogens is 3. The summed E-state index contributed by atoms with van der Waals surface area (Å²) in [6.07, 6.45) is 0. The van der Waals surface area contributed by atoms with Gasteiger partial charge in [0.2, 0.25) is 0 Å². The van der Waals surface area contributed by atoms with Gasteiger partial charge in [0, 0.05) is 17.4 Å². The van der Waals surface area contributed by atoms with Gasteiger partial charge < -0.3 is 0 Å². The van der Waals surface area contributed by atoms with E-state index in [1.54, 1.807) is 12.1 Å². The van der Waals surface area contributed by atoms with Crippen LogP contribution in [0.25, 0.3) is 5.69 Å². The first-order chi connectivity index (χ1) is 9.12. The molecule has 0 aliphatic rings. The molecule has 20 heavy (non-hydrogen) atoms. The van der Waals surface area contributed by atoms with Crippen molar-refractivity contribution in [3.8, 4) is 5.69 Å². The van der Waals surface area contributed by atoms with Gasteiger partial charge >= 0.3 is 5.82 Å². The third-order valence-electron chi connectivity index (χ3n) is 3.10. The third-order valence-corrected chi connectivity index (χ3v) is 3.90. The molecule has 0 unspecified atom stereocenters. The number of halogens is 3. The Morgan fingerprint density at radius 1 is 1.10 bits per heavy atom. The molecule has 0 fully saturated rings. The third kappa shape index (κ3) is 2.67. The normalized spacial score (nSPS) is 12.0. The molecule has 0 saturated heterocycles. The fraction of sp³-hybridized carbons (Fsp3) is 0.429. The maximum atomic E-state index is 6.34. The molecule has 2 aromatic rings. The largest absolute Gasteiger partial charge is 0.316 e. The fourth-order valence-electron chi connectivity index (χ4n) is 2.04. The molecule has 0 amide bonds. The second-order valence-corrected chi connectivity index (χ2v) is 7.04. The van der Waals surface area contributed by atoms with Crippen LogP contribution in [0.3, 0.4) is 0 Å². The molecule has 1 heterocycles. The molecule has 0 radical (unpaired) electrons. The molecule has 0 aliphatic carbocycles. The number of hydrogen-bond acceptors (Lipinski definition) is 1. The summed E-state index contributed by atoms with van der Waals surface area (Å²) in [7, 11) is 1.93. The second-order valence-electron chi connectivity index (χ2n) is 5.79. The predicted octanol–water partition coefficient (Wildman–Crippen LogP) is 4.26. The highest BCUT2D eigenvalue weighted by Gasteiger charge is 2.33. The Morgan fingerprint density at radius 3 is 2.05 bits per heavy atom. The molecule has 0 aliphatic heterocycles. The van der Waals surface area contributed by atoms with Crippen LogP contribution in [0.4, 0.5) is 0 Å². The van der Waals surface area contributed by atoms with Gasteiger partial charge in [0.05, 0.1) is 10.0 Å². The van der Waals surface area contributed by atoms with Crippen molar-refractivity contribution < 1.29 is 4.68 Å². The Hall–Kier alpha value is -0.770. The first-order valence-corrected chi connectivity index (χ1v) is 7.37. The van der Waals surface area contributed by atoms with Crippen molar-refractivity contribution in [2.45, 2.75) is 33.1 Å². The highest BCUT2D eigenvalue weighted by atomic mass is 35.5. The van der Waals surface area contributed by atoms with E-state index in [0.29, 0.717) is 20.8 Å². The summed E-state index contributed by atoms with van der Waals surface area (Å²) < 4.78 is 3.87. The predicted molar refractivity (Wildman–Crippen MR) is 83.2 cm³/mol. The van der Waals surface area contributed by atoms with E-state index in [0.717, 1.165) is 11.6 Å². The van der Waals surface area contributed by atoms with Crippen molar-refractivity contribution in [1.29, 1.82) is 0 Å². The molecule has 2 rings (SSSR count). The molecular weight excluding hydrogens is 317 g/mol. The summed E-state index contributed by atoms with van der Waals surface area (Å²) in [5.74, 6) is 1.78. The van der Waals surface area contributed by atoms with Crippen LogP contribution >= 0.6 is 34.8 Å². The lowest BCUT2D eigenvalue weighted by Crippen LogP contribution is -2.42. The van der Waals surface area contributed by atoms with E-state index >= 15 is 0 Å². The van der Waals surface area contributed by atoms with E-state index in [4.69, 9.17) is 34.8 Å². The smallest absolute Gasteiger partial charge is 0.152 e. The molecular formula is C14H17Cl3N3+. The minimum absolute atomic E-state index is 0.141. The zero-order chi connectivity index (χ0) is 15.2. The molecule has 0 bridgehead atoms. The first kappa shape index (κ1) is 15.6. The van der Waals surface area contributed by atoms with Gasteiger partial charge in [-0.1, -0.05) is 55.6 Å². The average Bonchev–Trinajstić information content (AvgIpc) is 2.55. The van der Waals surface area contributed by atoms with Crippen LogP contribution in [-0.2, 0) is 12.5 Å². The van der Waals surface area contributed by atoms with Crippen molar-refractivity contribution in [2.24, 2.45) is 7.05 Å². The maximum Gasteiger partial charge on any atom is 0.316 e. The van der Waals surface area contributed by atoms with Crippen LogP contribution in [0.2, 0.25) is 15.1 Å². The maximum absolute atomic E-state index is 6.34. The van der Waals surface area contributed by atoms with E-state index in [1.165, 1.54) is 0 Å². The zero-order valence-electron chi connectivity index (χ0n) is 12.1. The van der Waals surface area contributed by atoms with Crippen molar-refractivity contribution >= 4 is 34.8 Å². The van der Waals surface area contributed by atoms with Gasteiger partial charge in [-0.25, -0.2) is 0 Å². The quantitative estimate of drug-likeness (QED) is 0.715. The van der Waals surface area contributed by atoms with Crippen molar-refractivity contribution in [3.63, 3.8) is 0 Å². The molecule has 0 spiro atoms. The topological polar surface area (TPSA) is 21.7 Å². The van der Waals surface area contributed by atoms with Gasteiger partial charge in [-0.05, 0) is 17.1 Å². The van der Waals surface area contributed by atoms with Gasteiger partial charge in [-0.2, -0.15) is 4.68 Å². The molecule has 3 nitrogen and oxygen atoms in total. The molecule has 108 valence electrons. The minimum atomic E-state index is -0.141. The van der Waals surface area contributed by atoms with Crippen molar-refractivity contribution in [3.05, 3.63) is 38.8 Å². The van der Waals surface area contributed by atoms with Gasteiger partial charge in [0.15, 0.2) is 0 Å². The Morgan fingerprint density at radius 2 is 1.60 bits per heavy atom. The van der Waals surface area contributed by atoms with Crippen molar-refractivity contribution in [1.82, 2.24) is 9.67 Å². The lowest BCUT2D eigenvalue weighted by Gasteiger charge is -2.16. The van der Waals surface area contributed by atoms with Gasteiger partial charge in [-0.15, -0.1) is 4.68 Å². The lowest BCUT2D eigenvalue weighted by atomic mass is 9.95. The first-order valence-electron chi connectivity index (χ1n) is 6.24. The van der Waals surface area contributed by atoms with E-state index in [9.17, 15) is 0 Å². The van der Waals surface area contributed by atoms with Gasteiger partial charge in [0.25, 0.3) is 5.82 Å². The number of rotatable bonds is 1. The molecule has 1 aromatic heterocycles. The zero-order valence-corrected chi connectivity index (χ0v) is 14.4. The van der Waals surface area contributed by atoms with E-state index in [-0.39, 0.29) is 5.41 Å².